The molecule has 2 unspecified atom stereocenters. The minimum atomic E-state index is 0.132. The molecule has 0 aliphatic heterocycles. The Labute approximate surface area is 134 Å². The van der Waals surface area contributed by atoms with E-state index in [1.807, 2.05) is 0 Å². The van der Waals surface area contributed by atoms with Gasteiger partial charge in [-0.05, 0) is 60.4 Å². The third-order valence-electron chi connectivity index (χ3n) is 4.17. The lowest BCUT2D eigenvalue weighted by atomic mass is 9.90. The lowest BCUT2D eigenvalue weighted by Crippen LogP contribution is -2.10. The van der Waals surface area contributed by atoms with Crippen LogP contribution in [0.25, 0.3) is 0 Å². The second-order valence-electron chi connectivity index (χ2n) is 5.59. The lowest BCUT2D eigenvalue weighted by Gasteiger charge is -2.21. The number of hydrogen-bond donors (Lipinski definition) is 0. The Hall–Kier alpha value is -0.790. The first-order valence-corrected chi connectivity index (χ1v) is 8.43. The number of halogens is 2. The van der Waals surface area contributed by atoms with E-state index in [2.05, 4.69) is 64.5 Å². The summed E-state index contributed by atoms with van der Waals surface area (Å²) in [6.45, 7) is 0. The van der Waals surface area contributed by atoms with Crippen molar-refractivity contribution in [3.8, 4) is 0 Å². The van der Waals surface area contributed by atoms with Gasteiger partial charge < -0.3 is 0 Å². The number of fused-ring (bicyclic) bond motifs is 1. The number of rotatable bonds is 2. The van der Waals surface area contributed by atoms with Crippen molar-refractivity contribution in [2.45, 2.75) is 31.1 Å². The van der Waals surface area contributed by atoms with E-state index in [-0.39, 0.29) is 5.38 Å². The van der Waals surface area contributed by atoms with Crippen LogP contribution in [0, 0.1) is 5.92 Å². The molecule has 0 radical (unpaired) electrons. The summed E-state index contributed by atoms with van der Waals surface area (Å²) in [6, 6.07) is 17.2. The van der Waals surface area contributed by atoms with Gasteiger partial charge in [-0.25, -0.2) is 0 Å². The molecule has 104 valence electrons. The molecule has 2 aromatic carbocycles. The molecule has 0 fully saturated rings. The van der Waals surface area contributed by atoms with Gasteiger partial charge in [-0.15, -0.1) is 11.6 Å². The van der Waals surface area contributed by atoms with Crippen molar-refractivity contribution in [2.75, 3.05) is 0 Å². The van der Waals surface area contributed by atoms with Crippen LogP contribution in [0.15, 0.2) is 53.0 Å². The molecular formula is C18H18BrCl. The van der Waals surface area contributed by atoms with E-state index in [1.54, 1.807) is 0 Å². The third kappa shape index (κ3) is 3.10. The summed E-state index contributed by atoms with van der Waals surface area (Å²) in [4.78, 5) is 0. The van der Waals surface area contributed by atoms with Crippen molar-refractivity contribution in [1.82, 2.24) is 0 Å². The highest BCUT2D eigenvalue weighted by molar-refractivity contribution is 9.10. The summed E-state index contributed by atoms with van der Waals surface area (Å²) < 4.78 is 1.15. The maximum atomic E-state index is 6.80. The van der Waals surface area contributed by atoms with E-state index in [4.69, 9.17) is 11.6 Å². The van der Waals surface area contributed by atoms with Gasteiger partial charge in [0.1, 0.15) is 0 Å². The van der Waals surface area contributed by atoms with Crippen LogP contribution in [0.3, 0.4) is 0 Å². The Morgan fingerprint density at radius 1 is 1.10 bits per heavy atom. The van der Waals surface area contributed by atoms with Crippen molar-refractivity contribution in [1.29, 1.82) is 0 Å². The highest BCUT2D eigenvalue weighted by atomic mass is 79.9. The van der Waals surface area contributed by atoms with Gasteiger partial charge in [-0.3, -0.25) is 0 Å². The fraction of sp³-hybridized carbons (Fsp3) is 0.333. The quantitative estimate of drug-likeness (QED) is 0.466. The maximum absolute atomic E-state index is 6.80. The van der Waals surface area contributed by atoms with Crippen LogP contribution in [0.4, 0.5) is 0 Å². The summed E-state index contributed by atoms with van der Waals surface area (Å²) >= 11 is 10.3. The van der Waals surface area contributed by atoms with Crippen LogP contribution < -0.4 is 0 Å². The number of benzene rings is 2. The molecule has 0 nitrogen and oxygen atoms in total. The van der Waals surface area contributed by atoms with Gasteiger partial charge in [0.2, 0.25) is 0 Å². The average Bonchev–Trinajstić information content (AvgIpc) is 2.60. The summed E-state index contributed by atoms with van der Waals surface area (Å²) in [5.74, 6) is 0.523. The van der Waals surface area contributed by atoms with Gasteiger partial charge in [0, 0.05) is 4.47 Å². The van der Waals surface area contributed by atoms with Crippen LogP contribution in [-0.2, 0) is 12.8 Å². The van der Waals surface area contributed by atoms with E-state index in [0.717, 1.165) is 17.3 Å². The molecule has 0 aromatic heterocycles. The molecule has 0 spiro atoms. The minimum absolute atomic E-state index is 0.132. The highest BCUT2D eigenvalue weighted by Crippen LogP contribution is 2.39. The zero-order valence-electron chi connectivity index (χ0n) is 11.4. The van der Waals surface area contributed by atoms with Crippen molar-refractivity contribution in [3.63, 3.8) is 0 Å². The van der Waals surface area contributed by atoms with Crippen LogP contribution in [0.5, 0.6) is 0 Å². The molecule has 0 N–H and O–H groups in total. The van der Waals surface area contributed by atoms with Gasteiger partial charge in [-0.2, -0.15) is 0 Å². The maximum Gasteiger partial charge on any atom is 0.0619 e. The topological polar surface area (TPSA) is 0 Å². The summed E-state index contributed by atoms with van der Waals surface area (Å²) in [6.07, 6.45) is 4.66. The van der Waals surface area contributed by atoms with Gasteiger partial charge in [-0.1, -0.05) is 52.3 Å². The van der Waals surface area contributed by atoms with Crippen LogP contribution in [0.1, 0.15) is 34.9 Å². The summed E-state index contributed by atoms with van der Waals surface area (Å²) in [5, 5.41) is 0.132. The van der Waals surface area contributed by atoms with E-state index in [0.29, 0.717) is 5.92 Å². The predicted octanol–water partition coefficient (Wildman–Crippen LogP) is 5.92. The van der Waals surface area contributed by atoms with E-state index in [9.17, 15) is 0 Å². The second kappa shape index (κ2) is 6.32. The molecule has 0 saturated carbocycles. The molecular weight excluding hydrogens is 332 g/mol. The van der Waals surface area contributed by atoms with Crippen molar-refractivity contribution in [3.05, 3.63) is 69.7 Å². The Bertz CT molecular complexity index is 593. The Morgan fingerprint density at radius 2 is 1.95 bits per heavy atom. The summed E-state index contributed by atoms with van der Waals surface area (Å²) in [5.41, 5.74) is 4.14. The predicted molar refractivity (Wildman–Crippen MR) is 89.3 cm³/mol. The second-order valence-corrected chi connectivity index (χ2v) is 6.97. The first kappa shape index (κ1) is 14.2. The van der Waals surface area contributed by atoms with Crippen LogP contribution in [-0.4, -0.2) is 0 Å². The standard InChI is InChI=1S/C18H18BrCl/c19-16-9-3-5-13(12-16)11-15-8-4-7-14-6-1-2-10-17(14)18(15)20/h1-3,5-6,9-10,12,15,18H,4,7-8,11H2. The zero-order chi connectivity index (χ0) is 13.9. The number of hydrogen-bond acceptors (Lipinski definition) is 0. The van der Waals surface area contributed by atoms with Crippen molar-refractivity contribution < 1.29 is 0 Å². The average molecular weight is 350 g/mol. The number of aryl methyl sites for hydroxylation is 1. The first-order valence-electron chi connectivity index (χ1n) is 7.20. The van der Waals surface area contributed by atoms with Crippen molar-refractivity contribution in [2.24, 2.45) is 5.92 Å². The van der Waals surface area contributed by atoms with Crippen LogP contribution >= 0.6 is 27.5 Å². The van der Waals surface area contributed by atoms with Crippen molar-refractivity contribution >= 4 is 27.5 Å². The molecule has 2 heteroatoms. The van der Waals surface area contributed by atoms with Gasteiger partial charge in [0.15, 0.2) is 0 Å². The molecule has 1 aliphatic carbocycles. The third-order valence-corrected chi connectivity index (χ3v) is 5.26. The zero-order valence-corrected chi connectivity index (χ0v) is 13.7. The van der Waals surface area contributed by atoms with Gasteiger partial charge in [0.25, 0.3) is 0 Å². The Morgan fingerprint density at radius 3 is 2.80 bits per heavy atom. The minimum Gasteiger partial charge on any atom is -0.117 e. The Kier molecular flexibility index (Phi) is 4.48. The van der Waals surface area contributed by atoms with Crippen LogP contribution in [0.2, 0.25) is 0 Å². The SMILES string of the molecule is ClC1c2ccccc2CCCC1Cc1cccc(Br)c1. The molecule has 1 aliphatic rings. The highest BCUT2D eigenvalue weighted by Gasteiger charge is 2.25. The molecule has 0 heterocycles. The van der Waals surface area contributed by atoms with Gasteiger partial charge in [0.05, 0.1) is 5.38 Å². The van der Waals surface area contributed by atoms with E-state index >= 15 is 0 Å². The first-order chi connectivity index (χ1) is 9.74. The largest absolute Gasteiger partial charge is 0.117 e. The molecule has 20 heavy (non-hydrogen) atoms. The molecule has 2 aromatic rings. The summed E-state index contributed by atoms with van der Waals surface area (Å²) in [7, 11) is 0. The normalized spacial score (nSPS) is 22.1. The Balaban J connectivity index is 1.84. The molecule has 0 amide bonds. The van der Waals surface area contributed by atoms with E-state index in [1.165, 1.54) is 29.5 Å². The smallest absolute Gasteiger partial charge is 0.0619 e. The lowest BCUT2D eigenvalue weighted by molar-refractivity contribution is 0.465. The fourth-order valence-corrected chi connectivity index (χ4v) is 4.03. The monoisotopic (exact) mass is 348 g/mol. The number of alkyl halides is 1. The van der Waals surface area contributed by atoms with E-state index < -0.39 is 0 Å². The molecule has 3 rings (SSSR count). The van der Waals surface area contributed by atoms with Gasteiger partial charge >= 0.3 is 0 Å². The molecule has 0 saturated heterocycles. The molecule has 0 bridgehead atoms. The molecule has 2 atom stereocenters. The fourth-order valence-electron chi connectivity index (χ4n) is 3.16.